The Hall–Kier alpha value is -4.20. The Labute approximate surface area is 202 Å². The fourth-order valence-corrected chi connectivity index (χ4v) is 3.78. The highest BCUT2D eigenvalue weighted by Crippen LogP contribution is 2.28. The smallest absolute Gasteiger partial charge is 0.272 e. The molecule has 4 rings (SSSR count). The van der Waals surface area contributed by atoms with E-state index in [2.05, 4.69) is 4.98 Å². The molecule has 0 unspecified atom stereocenters. The number of likely N-dealkylation sites (N-methyl/N-ethyl adjacent to an activating group) is 1. The monoisotopic (exact) mass is 477 g/mol. The Morgan fingerprint density at radius 1 is 0.914 bits per heavy atom. The summed E-state index contributed by atoms with van der Waals surface area (Å²) in [7, 11) is 4.92. The average molecular weight is 478 g/mol. The number of aromatic nitrogens is 2. The summed E-state index contributed by atoms with van der Waals surface area (Å²) in [5.41, 5.74) is 3.45. The van der Waals surface area contributed by atoms with Crippen molar-refractivity contribution >= 4 is 5.91 Å². The Balaban J connectivity index is 1.47. The highest BCUT2D eigenvalue weighted by molar-refractivity contribution is 5.93. The second-order valence-electron chi connectivity index (χ2n) is 7.99. The molecule has 0 aliphatic rings. The highest BCUT2D eigenvalue weighted by atomic mass is 19.2. The third-order valence-electron chi connectivity index (χ3n) is 5.79. The maximum absolute atomic E-state index is 13.6. The summed E-state index contributed by atoms with van der Waals surface area (Å²) in [6.45, 7) is 0.495. The van der Waals surface area contributed by atoms with Gasteiger partial charge < -0.3 is 14.4 Å². The summed E-state index contributed by atoms with van der Waals surface area (Å²) in [4.78, 5) is 18.9. The van der Waals surface area contributed by atoms with Crippen molar-refractivity contribution in [3.63, 3.8) is 0 Å². The maximum atomic E-state index is 13.6. The van der Waals surface area contributed by atoms with Crippen molar-refractivity contribution in [2.24, 2.45) is 0 Å². The minimum absolute atomic E-state index is 0.173. The van der Waals surface area contributed by atoms with Gasteiger partial charge in [-0.1, -0.05) is 24.3 Å². The molecule has 0 bridgehead atoms. The number of carbonyl (C=O) groups excluding carboxylic acids is 1. The number of rotatable bonds is 8. The molecule has 0 spiro atoms. The SMILES string of the molecule is COc1ccc(CCN(C)C(=O)c2cncn2-c2ccc(-c3ccc(F)c(F)c3)cc2)cc1OC. The molecule has 35 heavy (non-hydrogen) atoms. The summed E-state index contributed by atoms with van der Waals surface area (Å²) in [6.07, 6.45) is 3.74. The van der Waals surface area contributed by atoms with Gasteiger partial charge in [0, 0.05) is 19.3 Å². The average Bonchev–Trinajstić information content (AvgIpc) is 3.38. The molecular formula is C27H25F2N3O3. The minimum Gasteiger partial charge on any atom is -0.493 e. The van der Waals surface area contributed by atoms with Crippen molar-refractivity contribution in [2.75, 3.05) is 27.8 Å². The molecule has 4 aromatic rings. The summed E-state index contributed by atoms with van der Waals surface area (Å²) >= 11 is 0. The van der Waals surface area contributed by atoms with Crippen LogP contribution in [0.1, 0.15) is 16.1 Å². The van der Waals surface area contributed by atoms with Crippen LogP contribution in [0.5, 0.6) is 11.5 Å². The number of benzene rings is 3. The molecule has 0 fully saturated rings. The lowest BCUT2D eigenvalue weighted by Crippen LogP contribution is -2.30. The van der Waals surface area contributed by atoms with Gasteiger partial charge in [0.1, 0.15) is 5.69 Å². The molecule has 0 atom stereocenters. The van der Waals surface area contributed by atoms with Crippen LogP contribution in [0.25, 0.3) is 16.8 Å². The number of nitrogens with zero attached hydrogens (tertiary/aromatic N) is 3. The molecule has 1 aromatic heterocycles. The van der Waals surface area contributed by atoms with Gasteiger partial charge in [0.25, 0.3) is 5.91 Å². The first-order chi connectivity index (χ1) is 16.9. The van der Waals surface area contributed by atoms with E-state index in [0.717, 1.165) is 28.9 Å². The van der Waals surface area contributed by atoms with Crippen LogP contribution >= 0.6 is 0 Å². The van der Waals surface area contributed by atoms with Crippen LogP contribution in [0.15, 0.2) is 73.2 Å². The zero-order chi connectivity index (χ0) is 24.9. The first-order valence-corrected chi connectivity index (χ1v) is 11.0. The maximum Gasteiger partial charge on any atom is 0.272 e. The number of ether oxygens (including phenoxy) is 2. The molecule has 1 amide bonds. The standard InChI is InChI=1S/C27H25F2N3O3/c1-31(13-12-18-4-11-25(34-2)26(14-18)35-3)27(33)24-16-30-17-32(24)21-8-5-19(6-9-21)20-7-10-22(28)23(29)15-20/h4-11,14-17H,12-13H2,1-3H3. The summed E-state index contributed by atoms with van der Waals surface area (Å²) in [6, 6.07) is 16.6. The van der Waals surface area contributed by atoms with Crippen molar-refractivity contribution in [1.82, 2.24) is 14.5 Å². The van der Waals surface area contributed by atoms with Crippen molar-refractivity contribution in [1.29, 1.82) is 0 Å². The zero-order valence-electron chi connectivity index (χ0n) is 19.7. The molecule has 180 valence electrons. The Kier molecular flexibility index (Phi) is 7.10. The van der Waals surface area contributed by atoms with Crippen molar-refractivity contribution in [3.8, 4) is 28.3 Å². The number of methoxy groups -OCH3 is 2. The van der Waals surface area contributed by atoms with Crippen molar-refractivity contribution < 1.29 is 23.0 Å². The van der Waals surface area contributed by atoms with E-state index in [9.17, 15) is 13.6 Å². The van der Waals surface area contributed by atoms with Crippen LogP contribution in [-0.4, -0.2) is 48.2 Å². The Morgan fingerprint density at radius 3 is 2.31 bits per heavy atom. The van der Waals surface area contributed by atoms with Gasteiger partial charge >= 0.3 is 0 Å². The predicted molar refractivity (Wildman–Crippen MR) is 129 cm³/mol. The van der Waals surface area contributed by atoms with Gasteiger partial charge in [0.05, 0.1) is 26.7 Å². The number of hydrogen-bond donors (Lipinski definition) is 0. The van der Waals surface area contributed by atoms with Gasteiger partial charge in [0.15, 0.2) is 23.1 Å². The van der Waals surface area contributed by atoms with Gasteiger partial charge in [-0.05, 0) is 59.5 Å². The normalized spacial score (nSPS) is 10.8. The third-order valence-corrected chi connectivity index (χ3v) is 5.79. The molecule has 0 N–H and O–H groups in total. The number of halogens is 2. The Morgan fingerprint density at radius 2 is 1.63 bits per heavy atom. The summed E-state index contributed by atoms with van der Waals surface area (Å²) in [5.74, 6) is -0.663. The number of carbonyl (C=O) groups is 1. The molecule has 0 saturated heterocycles. The van der Waals surface area contributed by atoms with E-state index < -0.39 is 11.6 Å². The van der Waals surface area contributed by atoms with Crippen molar-refractivity contribution in [2.45, 2.75) is 6.42 Å². The molecule has 0 radical (unpaired) electrons. The number of amides is 1. The first-order valence-electron chi connectivity index (χ1n) is 11.0. The summed E-state index contributed by atoms with van der Waals surface area (Å²) in [5, 5.41) is 0. The van der Waals surface area contributed by atoms with Crippen LogP contribution in [0.3, 0.4) is 0 Å². The number of hydrogen-bond acceptors (Lipinski definition) is 4. The molecule has 3 aromatic carbocycles. The largest absolute Gasteiger partial charge is 0.493 e. The Bertz CT molecular complexity index is 1340. The first kappa shape index (κ1) is 23.9. The van der Waals surface area contributed by atoms with Gasteiger partial charge in [-0.2, -0.15) is 0 Å². The molecule has 1 heterocycles. The van der Waals surface area contributed by atoms with E-state index in [1.807, 2.05) is 18.2 Å². The molecular weight excluding hydrogens is 452 g/mol. The molecule has 8 heteroatoms. The van der Waals surface area contributed by atoms with Crippen LogP contribution in [0, 0.1) is 11.6 Å². The van der Waals surface area contributed by atoms with Gasteiger partial charge in [-0.3, -0.25) is 9.36 Å². The van der Waals surface area contributed by atoms with Crippen LogP contribution in [0.2, 0.25) is 0 Å². The highest BCUT2D eigenvalue weighted by Gasteiger charge is 2.18. The number of imidazole rings is 1. The van der Waals surface area contributed by atoms with E-state index in [4.69, 9.17) is 9.47 Å². The van der Waals surface area contributed by atoms with Gasteiger partial charge in [-0.25, -0.2) is 13.8 Å². The third kappa shape index (κ3) is 5.16. The fraction of sp³-hybridized carbons (Fsp3) is 0.185. The minimum atomic E-state index is -0.898. The van der Waals surface area contributed by atoms with Crippen molar-refractivity contribution in [3.05, 3.63) is 96.1 Å². The lowest BCUT2D eigenvalue weighted by atomic mass is 10.1. The van der Waals surface area contributed by atoms with Gasteiger partial charge in [0.2, 0.25) is 0 Å². The zero-order valence-corrected chi connectivity index (χ0v) is 19.7. The second kappa shape index (κ2) is 10.4. The molecule has 0 saturated carbocycles. The lowest BCUT2D eigenvalue weighted by Gasteiger charge is -2.18. The van der Waals surface area contributed by atoms with Crippen LogP contribution in [0.4, 0.5) is 8.78 Å². The molecule has 6 nitrogen and oxygen atoms in total. The van der Waals surface area contributed by atoms with E-state index in [1.165, 1.54) is 12.3 Å². The van der Waals surface area contributed by atoms with E-state index in [-0.39, 0.29) is 5.91 Å². The predicted octanol–water partition coefficient (Wildman–Crippen LogP) is 5.15. The second-order valence-corrected chi connectivity index (χ2v) is 7.99. The van der Waals surface area contributed by atoms with Crippen LogP contribution < -0.4 is 9.47 Å². The fourth-order valence-electron chi connectivity index (χ4n) is 3.78. The summed E-state index contributed by atoms with van der Waals surface area (Å²) < 4.78 is 39.1. The lowest BCUT2D eigenvalue weighted by molar-refractivity contribution is 0.0788. The molecule has 0 aliphatic carbocycles. The van der Waals surface area contributed by atoms with E-state index >= 15 is 0 Å². The van der Waals surface area contributed by atoms with E-state index in [0.29, 0.717) is 35.7 Å². The van der Waals surface area contributed by atoms with Gasteiger partial charge in [-0.15, -0.1) is 0 Å². The topological polar surface area (TPSA) is 56.6 Å². The molecule has 0 aliphatic heterocycles. The van der Waals surface area contributed by atoms with E-state index in [1.54, 1.807) is 61.3 Å². The van der Waals surface area contributed by atoms with Crippen LogP contribution in [-0.2, 0) is 6.42 Å². The quantitative estimate of drug-likeness (QED) is 0.352.